The molecule has 0 amide bonds. The van der Waals surface area contributed by atoms with Crippen molar-refractivity contribution in [2.45, 2.75) is 77.5 Å². The molecular weight excluding hydrogens is 284 g/mol. The van der Waals surface area contributed by atoms with Gasteiger partial charge >= 0.3 is 5.97 Å². The zero-order valence-electron chi connectivity index (χ0n) is 14.6. The van der Waals surface area contributed by atoms with Crippen molar-refractivity contribution < 1.29 is 18.7 Å². The summed E-state index contributed by atoms with van der Waals surface area (Å²) in [6, 6.07) is 0. The second kappa shape index (κ2) is 6.22. The van der Waals surface area contributed by atoms with Crippen molar-refractivity contribution in [3.8, 4) is 0 Å². The predicted octanol–water partition coefficient (Wildman–Crippen LogP) is 3.67. The van der Waals surface area contributed by atoms with E-state index < -0.39 is 13.9 Å². The first-order valence-electron chi connectivity index (χ1n) is 7.52. The lowest BCUT2D eigenvalue weighted by atomic mass is 10.2. The Morgan fingerprint density at radius 1 is 1.19 bits per heavy atom. The predicted molar refractivity (Wildman–Crippen MR) is 86.8 cm³/mol. The van der Waals surface area contributed by atoms with Gasteiger partial charge < -0.3 is 13.9 Å². The van der Waals surface area contributed by atoms with E-state index in [0.717, 1.165) is 0 Å². The average Bonchev–Trinajstić information content (AvgIpc) is 2.98. The van der Waals surface area contributed by atoms with Crippen LogP contribution in [0.5, 0.6) is 0 Å². The normalized spacial score (nSPS) is 23.4. The van der Waals surface area contributed by atoms with Crippen molar-refractivity contribution in [3.05, 3.63) is 12.2 Å². The molecule has 1 fully saturated rings. The van der Waals surface area contributed by atoms with Crippen molar-refractivity contribution in [2.75, 3.05) is 6.61 Å². The quantitative estimate of drug-likeness (QED) is 0.336. The molecule has 0 aromatic rings. The molecule has 0 N–H and O–H groups in total. The Morgan fingerprint density at radius 2 is 1.76 bits per heavy atom. The van der Waals surface area contributed by atoms with Gasteiger partial charge in [-0.2, -0.15) is 0 Å². The molecule has 1 saturated heterocycles. The van der Waals surface area contributed by atoms with Crippen molar-refractivity contribution in [1.82, 2.24) is 0 Å². The Balaban J connectivity index is 2.34. The van der Waals surface area contributed by atoms with Crippen molar-refractivity contribution in [3.63, 3.8) is 0 Å². The van der Waals surface area contributed by atoms with Crippen LogP contribution in [-0.2, 0) is 18.7 Å². The molecule has 0 radical (unpaired) electrons. The number of esters is 1. The van der Waals surface area contributed by atoms with Crippen molar-refractivity contribution in [1.29, 1.82) is 0 Å². The maximum atomic E-state index is 11.6. The topological polar surface area (TPSA) is 48.1 Å². The van der Waals surface area contributed by atoms with Crippen LogP contribution in [0.1, 0.15) is 41.5 Å². The maximum absolute atomic E-state index is 11.6. The number of hydrogen-bond donors (Lipinski definition) is 0. The van der Waals surface area contributed by atoms with Crippen LogP contribution < -0.4 is 0 Å². The third-order valence-electron chi connectivity index (χ3n) is 3.87. The highest BCUT2D eigenvalue weighted by molar-refractivity contribution is 6.74. The second-order valence-corrected chi connectivity index (χ2v) is 12.9. The van der Waals surface area contributed by atoms with E-state index in [1.807, 2.05) is 20.8 Å². The fourth-order valence-electron chi connectivity index (χ4n) is 1.48. The van der Waals surface area contributed by atoms with Gasteiger partial charge in [-0.15, -0.1) is 0 Å². The standard InChI is InChI=1S/C16H30O4Si/c1-15(2,3)20-14(17)10-9-12-13(19-12)11-18-21(7,8)16(4,5)6/h9-10,12-13H,11H2,1-8H3/b10-9-/t12-,13-/m0/s1. The van der Waals surface area contributed by atoms with E-state index in [9.17, 15) is 4.79 Å². The Bertz CT molecular complexity index is 401. The van der Waals surface area contributed by atoms with E-state index in [4.69, 9.17) is 13.9 Å². The molecule has 1 aliphatic heterocycles. The van der Waals surface area contributed by atoms with Gasteiger partial charge in [0, 0.05) is 6.08 Å². The van der Waals surface area contributed by atoms with Crippen LogP contribution in [-0.4, -0.2) is 38.7 Å². The molecule has 5 heteroatoms. The summed E-state index contributed by atoms with van der Waals surface area (Å²) >= 11 is 0. The smallest absolute Gasteiger partial charge is 0.331 e. The number of rotatable bonds is 5. The Hall–Kier alpha value is -0.653. The van der Waals surface area contributed by atoms with Crippen LogP contribution in [0.25, 0.3) is 0 Å². The largest absolute Gasteiger partial charge is 0.457 e. The van der Waals surface area contributed by atoms with Gasteiger partial charge in [-0.3, -0.25) is 0 Å². The number of carbonyl (C=O) groups is 1. The lowest BCUT2D eigenvalue weighted by Crippen LogP contribution is -2.41. The summed E-state index contributed by atoms with van der Waals surface area (Å²) in [6.45, 7) is 17.2. The summed E-state index contributed by atoms with van der Waals surface area (Å²) in [4.78, 5) is 11.6. The summed E-state index contributed by atoms with van der Waals surface area (Å²) in [5, 5.41) is 0.198. The molecular formula is C16H30O4Si. The Kier molecular flexibility index (Phi) is 5.45. The third-order valence-corrected chi connectivity index (χ3v) is 8.37. The first kappa shape index (κ1) is 18.4. The fourth-order valence-corrected chi connectivity index (χ4v) is 2.49. The van der Waals surface area contributed by atoms with E-state index in [2.05, 4.69) is 33.9 Å². The van der Waals surface area contributed by atoms with Gasteiger partial charge in [0.05, 0.1) is 6.61 Å². The van der Waals surface area contributed by atoms with Crippen LogP contribution in [0.3, 0.4) is 0 Å². The molecule has 0 aliphatic carbocycles. The molecule has 0 spiro atoms. The Morgan fingerprint density at radius 3 is 2.24 bits per heavy atom. The molecule has 1 rings (SSSR count). The molecule has 122 valence electrons. The summed E-state index contributed by atoms with van der Waals surface area (Å²) in [5.74, 6) is -0.331. The summed E-state index contributed by atoms with van der Waals surface area (Å²) < 4.78 is 16.8. The highest BCUT2D eigenvalue weighted by Crippen LogP contribution is 2.37. The van der Waals surface area contributed by atoms with E-state index in [0.29, 0.717) is 6.61 Å². The minimum Gasteiger partial charge on any atom is -0.457 e. The summed E-state index contributed by atoms with van der Waals surface area (Å²) in [6.07, 6.45) is 3.25. The summed E-state index contributed by atoms with van der Waals surface area (Å²) in [5.41, 5.74) is -0.462. The SMILES string of the molecule is CC(C)(C)OC(=O)/C=C\[C@@H]1O[C@H]1CO[Si](C)(C)C(C)(C)C. The lowest BCUT2D eigenvalue weighted by Gasteiger charge is -2.35. The van der Waals surface area contributed by atoms with E-state index in [1.54, 1.807) is 6.08 Å². The van der Waals surface area contributed by atoms with Crippen molar-refractivity contribution >= 4 is 14.3 Å². The number of hydrogen-bond acceptors (Lipinski definition) is 4. The van der Waals surface area contributed by atoms with Crippen LogP contribution >= 0.6 is 0 Å². The lowest BCUT2D eigenvalue weighted by molar-refractivity contribution is -0.148. The van der Waals surface area contributed by atoms with Crippen LogP contribution in [0, 0.1) is 0 Å². The number of epoxide rings is 1. The fraction of sp³-hybridized carbons (Fsp3) is 0.812. The van der Waals surface area contributed by atoms with Crippen molar-refractivity contribution in [2.24, 2.45) is 0 Å². The molecule has 0 unspecified atom stereocenters. The van der Waals surface area contributed by atoms with Gasteiger partial charge in [0.25, 0.3) is 0 Å². The van der Waals surface area contributed by atoms with Gasteiger partial charge in [0.15, 0.2) is 8.32 Å². The highest BCUT2D eigenvalue weighted by Gasteiger charge is 2.42. The number of ether oxygens (including phenoxy) is 2. The molecule has 0 saturated carbocycles. The van der Waals surface area contributed by atoms with Gasteiger partial charge in [-0.1, -0.05) is 20.8 Å². The first-order chi connectivity index (χ1) is 9.32. The van der Waals surface area contributed by atoms with Gasteiger partial charge in [-0.25, -0.2) is 4.79 Å². The molecule has 0 aromatic heterocycles. The van der Waals surface area contributed by atoms with E-state index in [-0.39, 0.29) is 23.2 Å². The minimum absolute atomic E-state index is 0.0257. The molecule has 1 heterocycles. The molecule has 21 heavy (non-hydrogen) atoms. The van der Waals surface area contributed by atoms with E-state index in [1.165, 1.54) is 6.08 Å². The van der Waals surface area contributed by atoms with Crippen LogP contribution in [0.4, 0.5) is 0 Å². The van der Waals surface area contributed by atoms with E-state index >= 15 is 0 Å². The highest BCUT2D eigenvalue weighted by atomic mass is 28.4. The average molecular weight is 314 g/mol. The monoisotopic (exact) mass is 314 g/mol. The van der Waals surface area contributed by atoms with Crippen LogP contribution in [0.15, 0.2) is 12.2 Å². The van der Waals surface area contributed by atoms with Crippen LogP contribution in [0.2, 0.25) is 18.1 Å². The van der Waals surface area contributed by atoms with Gasteiger partial charge in [0.1, 0.15) is 17.8 Å². The second-order valence-electron chi connectivity index (χ2n) is 8.10. The first-order valence-corrected chi connectivity index (χ1v) is 10.4. The molecule has 1 aliphatic rings. The van der Waals surface area contributed by atoms with Gasteiger partial charge in [0.2, 0.25) is 0 Å². The third kappa shape index (κ3) is 6.32. The molecule has 0 aromatic carbocycles. The zero-order chi connectivity index (χ0) is 16.5. The Labute approximate surface area is 130 Å². The molecule has 0 bridgehead atoms. The number of carbonyl (C=O) groups excluding carboxylic acids is 1. The minimum atomic E-state index is -1.73. The molecule has 4 nitrogen and oxygen atoms in total. The zero-order valence-corrected chi connectivity index (χ0v) is 15.6. The van der Waals surface area contributed by atoms with Gasteiger partial charge in [-0.05, 0) is 45.0 Å². The summed E-state index contributed by atoms with van der Waals surface area (Å²) in [7, 11) is -1.73. The maximum Gasteiger partial charge on any atom is 0.331 e. The molecule has 2 atom stereocenters.